The Morgan fingerprint density at radius 3 is 1.04 bits per heavy atom. The molecule has 5 heterocycles. The van der Waals surface area contributed by atoms with Gasteiger partial charge in [0.25, 0.3) is 0 Å². The molecular formula is C56H10F28N12. The van der Waals surface area contributed by atoms with E-state index in [1.54, 1.807) is 21.4 Å². The van der Waals surface area contributed by atoms with Gasteiger partial charge in [-0.25, -0.2) is 158 Å². The fourth-order valence-corrected chi connectivity index (χ4v) is 10.0. The van der Waals surface area contributed by atoms with Gasteiger partial charge in [0.05, 0.1) is 72.4 Å². The number of H-pyrrole nitrogens is 1. The van der Waals surface area contributed by atoms with Gasteiger partial charge in [0.15, 0.2) is 197 Å². The first kappa shape index (κ1) is 63.1. The average molecular weight is 1380 g/mol. The third kappa shape index (κ3) is 9.13. The van der Waals surface area contributed by atoms with E-state index in [9.17, 15) is 26.3 Å². The summed E-state index contributed by atoms with van der Waals surface area (Å²) < 4.78 is 437. The molecule has 0 fully saturated rings. The molecule has 8 aromatic carbocycles. The van der Waals surface area contributed by atoms with Crippen molar-refractivity contribution in [3.05, 3.63) is 193 Å². The smallest absolute Gasteiger partial charge is 0.199 e. The summed E-state index contributed by atoms with van der Waals surface area (Å²) in [5, 5.41) is -2.28. The predicted octanol–water partition coefficient (Wildman–Crippen LogP) is 17.3. The van der Waals surface area contributed by atoms with Gasteiger partial charge in [-0.05, 0) is 6.07 Å². The van der Waals surface area contributed by atoms with Crippen LogP contribution in [-0.4, -0.2) is 39.6 Å². The van der Waals surface area contributed by atoms with Crippen LogP contribution in [-0.2, 0) is 0 Å². The summed E-state index contributed by atoms with van der Waals surface area (Å²) in [5.74, 6) is -80.9. The third-order valence-corrected chi connectivity index (χ3v) is 14.3. The molecule has 490 valence electrons. The standard InChI is InChI=1S/C56H10F28N12/c57-7-1-6-16(32(71)23(7)62)50-88-49(6)89-54-22-19(37(76)47(86-13-3-9(59)25(64)39(78)29(13)68)48(87-14-4-10(60)26(65)40(79)30(14)69)46(22)85-12-2-8(58)24(63)38(77)28(12)67)52(92-54)90-51-17-18(34(73)43(82)42(81)33(17)72)53(91-51)94-56-21-20(35(74)44(83)45(84)36(21)75)55(93-50)96(56)95-15-5-11(61)27(66)41(80)31(15)70/h1-5,85-87,95H,(H,88,89,90,91,92,93,94). The molecule has 2 aliphatic heterocycles. The highest BCUT2D eigenvalue weighted by Gasteiger charge is 2.39. The first-order valence-corrected chi connectivity index (χ1v) is 25.3. The minimum Gasteiger partial charge on any atom is -0.351 e. The maximum atomic E-state index is 18.5. The Labute approximate surface area is 505 Å². The Bertz CT molecular complexity index is 5630. The van der Waals surface area contributed by atoms with Crippen LogP contribution in [0.3, 0.4) is 0 Å². The lowest BCUT2D eigenvalue weighted by Gasteiger charge is -2.22. The number of rotatable bonds is 8. The number of halogens is 28. The molecule has 0 saturated heterocycles. The number of hydrogen-bond acceptors (Lipinski definition) is 10. The second-order valence-electron chi connectivity index (χ2n) is 19.8. The van der Waals surface area contributed by atoms with Crippen LogP contribution in [0.4, 0.5) is 163 Å². The molecule has 0 unspecified atom stereocenters. The molecule has 5 N–H and O–H groups in total. The van der Waals surface area contributed by atoms with E-state index in [1.807, 2.05) is 4.98 Å². The van der Waals surface area contributed by atoms with Crippen molar-refractivity contribution in [3.8, 4) is 45.6 Å². The lowest BCUT2D eigenvalue weighted by atomic mass is 10.0. The zero-order valence-electron chi connectivity index (χ0n) is 44.6. The number of hydrogen-bond donors (Lipinski definition) is 5. The minimum atomic E-state index is -2.90. The summed E-state index contributed by atoms with van der Waals surface area (Å²) in [6, 6.07) is -1.45. The van der Waals surface area contributed by atoms with Gasteiger partial charge in [-0.2, -0.15) is 0 Å². The Balaban J connectivity index is 1.32. The van der Waals surface area contributed by atoms with Crippen molar-refractivity contribution >= 4 is 83.9 Å². The number of nitrogens with one attached hydrogen (secondary N) is 5. The second kappa shape index (κ2) is 22.0. The number of fused-ring (bicyclic) bond motifs is 20. The summed E-state index contributed by atoms with van der Waals surface area (Å²) in [5.41, 5.74) is -25.2. The number of anilines is 7. The highest BCUT2D eigenvalue weighted by molar-refractivity contribution is 6.19. The van der Waals surface area contributed by atoms with Crippen molar-refractivity contribution in [2.75, 3.05) is 21.4 Å². The summed E-state index contributed by atoms with van der Waals surface area (Å²) in [6.45, 7) is 0. The summed E-state index contributed by atoms with van der Waals surface area (Å²) >= 11 is 0. The molecule has 12 nitrogen and oxygen atoms in total. The molecule has 11 aromatic rings. The molecule has 13 rings (SSSR count). The van der Waals surface area contributed by atoms with Crippen molar-refractivity contribution < 1.29 is 123 Å². The van der Waals surface area contributed by atoms with Gasteiger partial charge >= 0.3 is 0 Å². The van der Waals surface area contributed by atoms with E-state index in [4.69, 9.17) is 0 Å². The monoisotopic (exact) mass is 1380 g/mol. The SMILES string of the molecule is Fc1cc(Nc2c(Nc3cc(F)c(F)c(F)c3F)c(Nc3cc(F)c(F)c(F)c3F)c3c4nc5nc(nc6c7c(F)c(F)c(F)c(F)c7c(nc7nc(nc([nH]4)c3c2F)-c2c(F)c(F)c(F)c(F)c2-7)n6Nc2cc(F)c(F)c(F)c2F)-c2c-5cc(F)c(F)c2F)c(F)c(F)c1F. The average Bonchev–Trinajstić information content (AvgIpc) is 1.55. The van der Waals surface area contributed by atoms with Gasteiger partial charge in [0.2, 0.25) is 0 Å². The molecular weight excluding hydrogens is 1370 g/mol. The van der Waals surface area contributed by atoms with Crippen LogP contribution < -0.4 is 21.4 Å². The minimum absolute atomic E-state index is 0.0928. The molecule has 0 aliphatic carbocycles. The summed E-state index contributed by atoms with van der Waals surface area (Å²) in [4.78, 5) is 24.3. The van der Waals surface area contributed by atoms with E-state index in [0.717, 1.165) is 0 Å². The van der Waals surface area contributed by atoms with Crippen molar-refractivity contribution in [2.45, 2.75) is 0 Å². The molecule has 0 amide bonds. The van der Waals surface area contributed by atoms with Crippen LogP contribution in [0.15, 0.2) is 30.3 Å². The van der Waals surface area contributed by atoms with E-state index in [0.29, 0.717) is 0 Å². The second-order valence-corrected chi connectivity index (χ2v) is 19.8. The molecule has 0 saturated carbocycles. The molecule has 2 aliphatic rings. The van der Waals surface area contributed by atoms with Gasteiger partial charge in [0.1, 0.15) is 17.0 Å². The maximum absolute atomic E-state index is 18.5. The predicted molar refractivity (Wildman–Crippen MR) is 273 cm³/mol. The van der Waals surface area contributed by atoms with Gasteiger partial charge in [0, 0.05) is 29.8 Å². The van der Waals surface area contributed by atoms with E-state index >= 15 is 96.6 Å². The van der Waals surface area contributed by atoms with Gasteiger partial charge < -0.3 is 20.9 Å². The Hall–Kier alpha value is -11.6. The molecule has 0 atom stereocenters. The van der Waals surface area contributed by atoms with Crippen LogP contribution in [0, 0.1) is 163 Å². The van der Waals surface area contributed by atoms with Crippen molar-refractivity contribution in [1.29, 1.82) is 0 Å². The zero-order valence-corrected chi connectivity index (χ0v) is 44.6. The molecule has 0 radical (unpaired) electrons. The van der Waals surface area contributed by atoms with E-state index in [-0.39, 0.29) is 30.3 Å². The van der Waals surface area contributed by atoms with Gasteiger partial charge in [-0.15, -0.1) is 0 Å². The zero-order chi connectivity index (χ0) is 69.3. The highest BCUT2D eigenvalue weighted by atomic mass is 19.2. The number of benzene rings is 8. The maximum Gasteiger partial charge on any atom is 0.199 e. The first-order chi connectivity index (χ1) is 45.2. The highest BCUT2D eigenvalue weighted by Crippen LogP contribution is 2.51. The molecule has 96 heavy (non-hydrogen) atoms. The van der Waals surface area contributed by atoms with E-state index in [2.05, 4.69) is 29.9 Å². The first-order valence-electron chi connectivity index (χ1n) is 25.3. The van der Waals surface area contributed by atoms with E-state index in [1.165, 1.54) is 0 Å². The fourth-order valence-electron chi connectivity index (χ4n) is 10.0. The normalized spacial score (nSPS) is 12.0. The Morgan fingerprint density at radius 2 is 0.573 bits per heavy atom. The number of aromatic amines is 1. The van der Waals surface area contributed by atoms with Crippen LogP contribution in [0.25, 0.3) is 89.7 Å². The molecule has 40 heteroatoms. The summed E-state index contributed by atoms with van der Waals surface area (Å²) in [6.07, 6.45) is 0. The molecule has 8 bridgehead atoms. The largest absolute Gasteiger partial charge is 0.351 e. The lowest BCUT2D eigenvalue weighted by molar-refractivity contribution is 0.410. The fraction of sp³-hybridized carbons (Fsp3) is 0. The number of nitrogens with zero attached hydrogens (tertiary/aromatic N) is 7. The Kier molecular flexibility index (Phi) is 14.5. The Morgan fingerprint density at radius 1 is 0.250 bits per heavy atom. The van der Waals surface area contributed by atoms with Crippen LogP contribution in [0.1, 0.15) is 0 Å². The van der Waals surface area contributed by atoms with E-state index < -0.39 is 297 Å². The summed E-state index contributed by atoms with van der Waals surface area (Å²) in [7, 11) is 0. The molecule has 3 aromatic heterocycles. The lowest BCUT2D eigenvalue weighted by Crippen LogP contribution is -2.13. The van der Waals surface area contributed by atoms with Gasteiger partial charge in [-0.3, -0.25) is 5.43 Å². The van der Waals surface area contributed by atoms with Crippen LogP contribution in [0.5, 0.6) is 0 Å². The van der Waals surface area contributed by atoms with Gasteiger partial charge in [-0.1, -0.05) is 0 Å². The van der Waals surface area contributed by atoms with Crippen LogP contribution >= 0.6 is 0 Å². The van der Waals surface area contributed by atoms with Crippen molar-refractivity contribution in [3.63, 3.8) is 0 Å². The van der Waals surface area contributed by atoms with Crippen molar-refractivity contribution in [1.82, 2.24) is 39.6 Å². The van der Waals surface area contributed by atoms with Crippen molar-refractivity contribution in [2.24, 2.45) is 0 Å². The van der Waals surface area contributed by atoms with Crippen LogP contribution in [0.2, 0.25) is 0 Å². The third-order valence-electron chi connectivity index (χ3n) is 14.3. The quantitative estimate of drug-likeness (QED) is 0.0566. The molecule has 0 spiro atoms. The topological polar surface area (TPSA) is 146 Å². The number of aromatic nitrogens is 8.